The Morgan fingerprint density at radius 1 is 0.862 bits per heavy atom. The van der Waals surface area contributed by atoms with Gasteiger partial charge in [0.05, 0.1) is 0 Å². The van der Waals surface area contributed by atoms with Crippen molar-refractivity contribution >= 4 is 5.78 Å². The maximum Gasteiger partial charge on any atom is 0.133 e. The van der Waals surface area contributed by atoms with Gasteiger partial charge in [0.25, 0.3) is 0 Å². The Hall–Kier alpha value is -0.330. The molecule has 0 spiro atoms. The van der Waals surface area contributed by atoms with E-state index in [1.165, 1.54) is 57.8 Å². The summed E-state index contributed by atoms with van der Waals surface area (Å²) in [4.78, 5) is 12.1. The summed E-state index contributed by atoms with van der Waals surface area (Å²) in [6, 6.07) is 0. The molecule has 0 saturated heterocycles. The number of Topliss-reactive ketones (excluding diaryl/α,β-unsaturated/α-hetero) is 1. The van der Waals surface area contributed by atoms with E-state index in [4.69, 9.17) is 0 Å². The van der Waals surface area contributed by atoms with Crippen LogP contribution >= 0.6 is 0 Å². The van der Waals surface area contributed by atoms with Crippen LogP contribution in [0.4, 0.5) is 0 Å². The second-order valence-corrected chi connectivity index (χ2v) is 12.9. The molecule has 9 atom stereocenters. The van der Waals surface area contributed by atoms with Crippen LogP contribution in [-0.4, -0.2) is 5.78 Å². The molecule has 0 aromatic rings. The molecule has 4 aliphatic carbocycles. The van der Waals surface area contributed by atoms with Crippen LogP contribution in [0.1, 0.15) is 112 Å². The summed E-state index contributed by atoms with van der Waals surface area (Å²) in [5, 5.41) is 0. The lowest BCUT2D eigenvalue weighted by Gasteiger charge is -2.60. The fraction of sp³-hybridized carbons (Fsp3) is 0.964. The SMILES string of the molecule is CC(C)C(C)CC[C@@H](C)[C@H]1CC[C@H]2[C@@H]3CCC4CC(=O)CC[C@]4(C)[C@H]3CC[C@]12C. The first-order valence-electron chi connectivity index (χ1n) is 13.2. The highest BCUT2D eigenvalue weighted by Gasteiger charge is 2.60. The minimum Gasteiger partial charge on any atom is -0.300 e. The van der Waals surface area contributed by atoms with Crippen molar-refractivity contribution in [3.63, 3.8) is 0 Å². The van der Waals surface area contributed by atoms with Crippen molar-refractivity contribution in [1.29, 1.82) is 0 Å². The number of carbonyl (C=O) groups excluding carboxylic acids is 1. The van der Waals surface area contributed by atoms with Crippen LogP contribution in [0.25, 0.3) is 0 Å². The van der Waals surface area contributed by atoms with Crippen molar-refractivity contribution in [2.45, 2.75) is 112 Å². The summed E-state index contributed by atoms with van der Waals surface area (Å²) >= 11 is 0. The summed E-state index contributed by atoms with van der Waals surface area (Å²) in [6.07, 6.45) is 14.4. The first-order chi connectivity index (χ1) is 13.7. The lowest BCUT2D eigenvalue weighted by Crippen LogP contribution is -2.53. The van der Waals surface area contributed by atoms with Crippen LogP contribution in [0.5, 0.6) is 0 Å². The minimum atomic E-state index is 0.467. The van der Waals surface area contributed by atoms with Crippen molar-refractivity contribution in [2.24, 2.45) is 58.2 Å². The standard InChI is InChI=1S/C28H48O/c1-18(2)19(3)7-8-20(4)24-11-12-25-23-10-9-21-17-22(29)13-15-27(21,5)26(23)14-16-28(24,25)6/h18-21,23-26H,7-17H2,1-6H3/t19?,20-,21?,23+,24-,25+,26+,27+,28-/m1/s1. The van der Waals surface area contributed by atoms with Gasteiger partial charge in [0.1, 0.15) is 5.78 Å². The Balaban J connectivity index is 1.46. The molecule has 2 unspecified atom stereocenters. The maximum atomic E-state index is 12.1. The molecule has 4 saturated carbocycles. The molecule has 0 aromatic heterocycles. The third-order valence-corrected chi connectivity index (χ3v) is 11.5. The molecule has 0 heterocycles. The van der Waals surface area contributed by atoms with E-state index in [9.17, 15) is 4.79 Å². The number of ketones is 1. The Labute approximate surface area is 181 Å². The summed E-state index contributed by atoms with van der Waals surface area (Å²) in [6.45, 7) is 15.1. The molecule has 166 valence electrons. The highest BCUT2D eigenvalue weighted by molar-refractivity contribution is 5.79. The quantitative estimate of drug-likeness (QED) is 0.458. The van der Waals surface area contributed by atoms with E-state index in [1.807, 2.05) is 0 Å². The van der Waals surface area contributed by atoms with Gasteiger partial charge in [0.2, 0.25) is 0 Å². The largest absolute Gasteiger partial charge is 0.300 e. The number of hydrogen-bond acceptors (Lipinski definition) is 1. The van der Waals surface area contributed by atoms with E-state index in [2.05, 4.69) is 41.5 Å². The number of fused-ring (bicyclic) bond motifs is 5. The van der Waals surface area contributed by atoms with Gasteiger partial charge in [-0.25, -0.2) is 0 Å². The molecule has 0 aromatic carbocycles. The van der Waals surface area contributed by atoms with E-state index >= 15 is 0 Å². The summed E-state index contributed by atoms with van der Waals surface area (Å²) in [7, 11) is 0. The van der Waals surface area contributed by atoms with E-state index < -0.39 is 0 Å². The minimum absolute atomic E-state index is 0.467. The van der Waals surface area contributed by atoms with E-state index in [1.54, 1.807) is 0 Å². The molecule has 0 aliphatic heterocycles. The van der Waals surface area contributed by atoms with E-state index in [0.29, 0.717) is 22.5 Å². The first-order valence-corrected chi connectivity index (χ1v) is 13.2. The molecular weight excluding hydrogens is 352 g/mol. The van der Waals surface area contributed by atoms with Crippen LogP contribution in [0.15, 0.2) is 0 Å². The normalized spacial score (nSPS) is 46.7. The topological polar surface area (TPSA) is 17.1 Å². The Bertz CT molecular complexity index is 607. The molecule has 1 heteroatoms. The summed E-state index contributed by atoms with van der Waals surface area (Å²) in [5.41, 5.74) is 1.06. The summed E-state index contributed by atoms with van der Waals surface area (Å²) in [5.74, 6) is 7.60. The Kier molecular flexibility index (Phi) is 6.02. The molecule has 1 nitrogen and oxygen atoms in total. The molecular formula is C28H48O. The van der Waals surface area contributed by atoms with Crippen LogP contribution < -0.4 is 0 Å². The average Bonchev–Trinajstić information content (AvgIpc) is 3.03. The molecule has 29 heavy (non-hydrogen) atoms. The van der Waals surface area contributed by atoms with Gasteiger partial charge < -0.3 is 0 Å². The molecule has 4 rings (SSSR count). The van der Waals surface area contributed by atoms with Crippen LogP contribution in [0.2, 0.25) is 0 Å². The molecule has 4 aliphatic rings. The zero-order chi connectivity index (χ0) is 21.0. The van der Waals surface area contributed by atoms with Gasteiger partial charge in [-0.1, -0.05) is 54.4 Å². The van der Waals surface area contributed by atoms with Gasteiger partial charge in [0, 0.05) is 12.8 Å². The Morgan fingerprint density at radius 2 is 1.59 bits per heavy atom. The fourth-order valence-electron chi connectivity index (χ4n) is 9.08. The van der Waals surface area contributed by atoms with Crippen molar-refractivity contribution in [3.05, 3.63) is 0 Å². The van der Waals surface area contributed by atoms with Crippen LogP contribution in [-0.2, 0) is 4.79 Å². The highest BCUT2D eigenvalue weighted by atomic mass is 16.1. The summed E-state index contributed by atoms with van der Waals surface area (Å²) < 4.78 is 0. The second kappa shape index (κ2) is 7.98. The van der Waals surface area contributed by atoms with Crippen LogP contribution in [0, 0.1) is 58.2 Å². The monoisotopic (exact) mass is 400 g/mol. The highest BCUT2D eigenvalue weighted by Crippen LogP contribution is 2.68. The lowest BCUT2D eigenvalue weighted by molar-refractivity contribution is -0.140. The molecule has 0 bridgehead atoms. The lowest BCUT2D eigenvalue weighted by atomic mass is 9.44. The van der Waals surface area contributed by atoms with E-state index in [-0.39, 0.29) is 0 Å². The average molecular weight is 401 g/mol. The zero-order valence-corrected chi connectivity index (χ0v) is 20.3. The van der Waals surface area contributed by atoms with Gasteiger partial charge in [-0.05, 0) is 103 Å². The zero-order valence-electron chi connectivity index (χ0n) is 20.3. The van der Waals surface area contributed by atoms with Gasteiger partial charge >= 0.3 is 0 Å². The third-order valence-electron chi connectivity index (χ3n) is 11.5. The van der Waals surface area contributed by atoms with Gasteiger partial charge in [0.15, 0.2) is 0 Å². The second-order valence-electron chi connectivity index (χ2n) is 12.9. The first kappa shape index (κ1) is 21.9. The molecule has 4 fully saturated rings. The van der Waals surface area contributed by atoms with Crippen molar-refractivity contribution in [3.8, 4) is 0 Å². The molecule has 0 N–H and O–H groups in total. The van der Waals surface area contributed by atoms with Gasteiger partial charge in [-0.3, -0.25) is 4.79 Å². The molecule has 0 amide bonds. The van der Waals surface area contributed by atoms with Gasteiger partial charge in [-0.15, -0.1) is 0 Å². The van der Waals surface area contributed by atoms with Crippen molar-refractivity contribution in [2.75, 3.05) is 0 Å². The Morgan fingerprint density at radius 3 is 2.31 bits per heavy atom. The van der Waals surface area contributed by atoms with Crippen molar-refractivity contribution in [1.82, 2.24) is 0 Å². The van der Waals surface area contributed by atoms with Crippen molar-refractivity contribution < 1.29 is 4.79 Å². The molecule has 0 radical (unpaired) electrons. The third kappa shape index (κ3) is 3.65. The van der Waals surface area contributed by atoms with Crippen LogP contribution in [0.3, 0.4) is 0 Å². The predicted octanol–water partition coefficient (Wildman–Crippen LogP) is 7.92. The number of hydrogen-bond donors (Lipinski definition) is 0. The number of rotatable bonds is 5. The predicted molar refractivity (Wildman–Crippen MR) is 123 cm³/mol. The fourth-order valence-corrected chi connectivity index (χ4v) is 9.08. The van der Waals surface area contributed by atoms with Gasteiger partial charge in [-0.2, -0.15) is 0 Å². The maximum absolute atomic E-state index is 12.1. The van der Waals surface area contributed by atoms with E-state index in [0.717, 1.165) is 54.3 Å². The smallest absolute Gasteiger partial charge is 0.133 e. The number of carbonyl (C=O) groups is 1.